The molecule has 0 bridgehead atoms. The van der Waals surface area contributed by atoms with Gasteiger partial charge in [0.05, 0.1) is 12.8 Å². The van der Waals surface area contributed by atoms with Gasteiger partial charge in [-0.3, -0.25) is 9.67 Å². The first kappa shape index (κ1) is 19.8. The minimum atomic E-state index is 0.738. The van der Waals surface area contributed by atoms with Gasteiger partial charge in [-0.2, -0.15) is 5.10 Å². The molecule has 0 radical (unpaired) electrons. The summed E-state index contributed by atoms with van der Waals surface area (Å²) in [6.45, 7) is 5.87. The van der Waals surface area contributed by atoms with Crippen molar-refractivity contribution in [1.82, 2.24) is 20.4 Å². The lowest BCUT2D eigenvalue weighted by Crippen LogP contribution is -2.38. The number of aromatic nitrogens is 2. The lowest BCUT2D eigenvalue weighted by Gasteiger charge is -2.13. The summed E-state index contributed by atoms with van der Waals surface area (Å²) in [6, 6.07) is 8.16. The molecular formula is C20H31N5O. The van der Waals surface area contributed by atoms with E-state index >= 15 is 0 Å². The van der Waals surface area contributed by atoms with Gasteiger partial charge in [-0.25, -0.2) is 0 Å². The van der Waals surface area contributed by atoms with Crippen LogP contribution >= 0.6 is 0 Å². The molecule has 1 aromatic heterocycles. The van der Waals surface area contributed by atoms with Crippen molar-refractivity contribution in [2.45, 2.75) is 39.7 Å². The second-order valence-electron chi connectivity index (χ2n) is 6.15. The van der Waals surface area contributed by atoms with Crippen molar-refractivity contribution in [2.75, 3.05) is 20.7 Å². The number of methoxy groups -OCH3 is 1. The van der Waals surface area contributed by atoms with Crippen LogP contribution in [0.5, 0.6) is 5.75 Å². The largest absolute Gasteiger partial charge is 0.497 e. The molecule has 2 rings (SSSR count). The van der Waals surface area contributed by atoms with Crippen LogP contribution in [0.1, 0.15) is 36.4 Å². The summed E-state index contributed by atoms with van der Waals surface area (Å²) in [5, 5.41) is 11.4. The lowest BCUT2D eigenvalue weighted by molar-refractivity contribution is 0.414. The molecule has 142 valence electrons. The fourth-order valence-electron chi connectivity index (χ4n) is 3.10. The van der Waals surface area contributed by atoms with Crippen LogP contribution in [-0.2, 0) is 32.9 Å². The normalized spacial score (nSPS) is 11.5. The van der Waals surface area contributed by atoms with E-state index in [1.165, 1.54) is 16.8 Å². The van der Waals surface area contributed by atoms with Gasteiger partial charge in [0.25, 0.3) is 0 Å². The van der Waals surface area contributed by atoms with E-state index in [0.29, 0.717) is 0 Å². The Bertz CT molecular complexity index is 719. The van der Waals surface area contributed by atoms with Crippen LogP contribution in [-0.4, -0.2) is 36.4 Å². The molecule has 1 heterocycles. The van der Waals surface area contributed by atoms with Crippen LogP contribution in [0.15, 0.2) is 29.3 Å². The monoisotopic (exact) mass is 357 g/mol. The highest BCUT2D eigenvalue weighted by molar-refractivity contribution is 5.79. The number of ether oxygens (including phenoxy) is 1. The number of nitrogens with zero attached hydrogens (tertiary/aromatic N) is 3. The van der Waals surface area contributed by atoms with Crippen molar-refractivity contribution in [2.24, 2.45) is 12.0 Å². The van der Waals surface area contributed by atoms with Gasteiger partial charge in [-0.15, -0.1) is 0 Å². The Balaban J connectivity index is 1.88. The Kier molecular flexibility index (Phi) is 7.51. The maximum absolute atomic E-state index is 5.19. The molecule has 0 aliphatic heterocycles. The Hall–Kier alpha value is -2.50. The lowest BCUT2D eigenvalue weighted by atomic mass is 10.1. The third-order valence-electron chi connectivity index (χ3n) is 4.55. The maximum atomic E-state index is 5.19. The van der Waals surface area contributed by atoms with E-state index in [1.807, 2.05) is 23.9 Å². The summed E-state index contributed by atoms with van der Waals surface area (Å²) in [7, 11) is 5.50. The molecule has 0 aliphatic rings. The van der Waals surface area contributed by atoms with Gasteiger partial charge >= 0.3 is 0 Å². The second kappa shape index (κ2) is 9.85. The number of nitrogens with one attached hydrogen (secondary N) is 2. The minimum Gasteiger partial charge on any atom is -0.497 e. The maximum Gasteiger partial charge on any atom is 0.191 e. The smallest absolute Gasteiger partial charge is 0.191 e. The van der Waals surface area contributed by atoms with E-state index in [0.717, 1.165) is 49.8 Å². The first-order valence-corrected chi connectivity index (χ1v) is 9.23. The molecule has 0 saturated carbocycles. The number of hydrogen-bond acceptors (Lipinski definition) is 3. The molecule has 1 aromatic carbocycles. The zero-order valence-electron chi connectivity index (χ0n) is 16.6. The van der Waals surface area contributed by atoms with E-state index in [2.05, 4.69) is 46.7 Å². The number of aryl methyl sites for hydroxylation is 2. The molecular weight excluding hydrogens is 326 g/mol. The molecule has 0 spiro atoms. The number of rotatable bonds is 8. The minimum absolute atomic E-state index is 0.738. The first-order chi connectivity index (χ1) is 12.6. The van der Waals surface area contributed by atoms with Crippen LogP contribution in [0.25, 0.3) is 0 Å². The third kappa shape index (κ3) is 5.00. The van der Waals surface area contributed by atoms with Crippen molar-refractivity contribution in [1.29, 1.82) is 0 Å². The van der Waals surface area contributed by atoms with Crippen molar-refractivity contribution >= 4 is 5.96 Å². The highest BCUT2D eigenvalue weighted by Crippen LogP contribution is 2.15. The molecule has 0 unspecified atom stereocenters. The van der Waals surface area contributed by atoms with E-state index in [4.69, 9.17) is 4.74 Å². The summed E-state index contributed by atoms with van der Waals surface area (Å²) >= 11 is 0. The number of hydrogen-bond donors (Lipinski definition) is 2. The van der Waals surface area contributed by atoms with Gasteiger partial charge in [0.1, 0.15) is 5.75 Å². The second-order valence-corrected chi connectivity index (χ2v) is 6.15. The van der Waals surface area contributed by atoms with E-state index < -0.39 is 0 Å². The average molecular weight is 358 g/mol. The molecule has 0 aliphatic carbocycles. The summed E-state index contributed by atoms with van der Waals surface area (Å²) in [5.74, 6) is 1.69. The van der Waals surface area contributed by atoms with Crippen LogP contribution in [0, 0.1) is 0 Å². The van der Waals surface area contributed by atoms with Crippen molar-refractivity contribution in [3.8, 4) is 5.75 Å². The van der Waals surface area contributed by atoms with Gasteiger partial charge < -0.3 is 15.4 Å². The SMILES string of the molecule is CCc1nn(C)c(CC)c1CNC(=NC)NCCc1ccc(OC)cc1. The average Bonchev–Trinajstić information content (AvgIpc) is 2.99. The van der Waals surface area contributed by atoms with Crippen molar-refractivity contribution in [3.63, 3.8) is 0 Å². The first-order valence-electron chi connectivity index (χ1n) is 9.23. The highest BCUT2D eigenvalue weighted by Gasteiger charge is 2.13. The van der Waals surface area contributed by atoms with Crippen LogP contribution < -0.4 is 15.4 Å². The number of benzene rings is 1. The Morgan fingerprint density at radius 2 is 1.88 bits per heavy atom. The van der Waals surface area contributed by atoms with Crippen LogP contribution in [0.3, 0.4) is 0 Å². The van der Waals surface area contributed by atoms with Gasteiger partial charge in [0, 0.05) is 38.4 Å². The summed E-state index contributed by atoms with van der Waals surface area (Å²) in [5.41, 5.74) is 4.99. The molecule has 0 amide bonds. The van der Waals surface area contributed by atoms with Crippen molar-refractivity contribution in [3.05, 3.63) is 46.8 Å². The van der Waals surface area contributed by atoms with Crippen LogP contribution in [0.2, 0.25) is 0 Å². The van der Waals surface area contributed by atoms with E-state index in [-0.39, 0.29) is 0 Å². The highest BCUT2D eigenvalue weighted by atomic mass is 16.5. The van der Waals surface area contributed by atoms with E-state index in [1.54, 1.807) is 14.2 Å². The zero-order chi connectivity index (χ0) is 18.9. The molecule has 0 atom stereocenters. The molecule has 26 heavy (non-hydrogen) atoms. The predicted molar refractivity (Wildman–Crippen MR) is 107 cm³/mol. The fourth-order valence-corrected chi connectivity index (χ4v) is 3.10. The Morgan fingerprint density at radius 3 is 2.46 bits per heavy atom. The summed E-state index contributed by atoms with van der Waals surface area (Å²) in [4.78, 5) is 4.33. The molecule has 0 saturated heterocycles. The van der Waals surface area contributed by atoms with E-state index in [9.17, 15) is 0 Å². The molecule has 2 aromatic rings. The molecule has 2 N–H and O–H groups in total. The van der Waals surface area contributed by atoms with Gasteiger partial charge in [0.2, 0.25) is 0 Å². The topological polar surface area (TPSA) is 63.5 Å². The Labute approximate surface area is 156 Å². The zero-order valence-corrected chi connectivity index (χ0v) is 16.6. The number of guanidine groups is 1. The van der Waals surface area contributed by atoms with Gasteiger partial charge in [0.15, 0.2) is 5.96 Å². The molecule has 0 fully saturated rings. The fraction of sp³-hybridized carbons (Fsp3) is 0.500. The summed E-state index contributed by atoms with van der Waals surface area (Å²) < 4.78 is 7.19. The van der Waals surface area contributed by atoms with Crippen molar-refractivity contribution < 1.29 is 4.74 Å². The van der Waals surface area contributed by atoms with Gasteiger partial charge in [-0.1, -0.05) is 26.0 Å². The molecule has 6 nitrogen and oxygen atoms in total. The number of aliphatic imine (C=N–C) groups is 1. The standard InChI is InChI=1S/C20H31N5O/c1-6-18-17(19(7-2)25(4)24-18)14-23-20(21-3)22-13-12-15-8-10-16(26-5)11-9-15/h8-11H,6-7,12-14H2,1-5H3,(H2,21,22,23). The molecule has 6 heteroatoms. The predicted octanol–water partition coefficient (Wildman–Crippen LogP) is 2.46. The van der Waals surface area contributed by atoms with Gasteiger partial charge in [-0.05, 0) is 37.0 Å². The summed E-state index contributed by atoms with van der Waals surface area (Å²) in [6.07, 6.45) is 2.84. The van der Waals surface area contributed by atoms with Crippen LogP contribution in [0.4, 0.5) is 0 Å². The third-order valence-corrected chi connectivity index (χ3v) is 4.55. The Morgan fingerprint density at radius 1 is 1.15 bits per heavy atom. The quantitative estimate of drug-likeness (QED) is 0.563.